The van der Waals surface area contributed by atoms with Crippen LogP contribution in [0, 0.1) is 6.92 Å². The first-order chi connectivity index (χ1) is 9.78. The van der Waals surface area contributed by atoms with E-state index in [4.69, 9.17) is 10.5 Å². The topological polar surface area (TPSA) is 51.4 Å². The summed E-state index contributed by atoms with van der Waals surface area (Å²) in [4.78, 5) is 7.02. The van der Waals surface area contributed by atoms with Crippen molar-refractivity contribution in [2.24, 2.45) is 5.73 Å². The summed E-state index contributed by atoms with van der Waals surface area (Å²) in [6, 6.07) is 10.8. The molecule has 0 spiro atoms. The van der Waals surface area contributed by atoms with Gasteiger partial charge in [-0.25, -0.2) is 0 Å². The van der Waals surface area contributed by atoms with Crippen molar-refractivity contribution in [1.29, 1.82) is 0 Å². The lowest BCUT2D eigenvalue weighted by atomic mass is 10.1. The average molecular weight is 271 g/mol. The molecule has 1 aromatic carbocycles. The first kappa shape index (κ1) is 13.5. The van der Waals surface area contributed by atoms with Gasteiger partial charge in [-0.05, 0) is 24.6 Å². The van der Waals surface area contributed by atoms with Gasteiger partial charge in [0.15, 0.2) is 0 Å². The largest absolute Gasteiger partial charge is 0.378 e. The second kappa shape index (κ2) is 5.87. The predicted molar refractivity (Wildman–Crippen MR) is 80.6 cm³/mol. The normalized spacial score (nSPS) is 20.4. The van der Waals surface area contributed by atoms with Gasteiger partial charge in [-0.15, -0.1) is 0 Å². The standard InChI is InChI=1S/C16H21N3O/c1-12-8-13(15-4-2-3-5-16(15)18-12)10-19-6-7-20-11-14(19)9-17/h2-5,8,14H,6-7,9-11,17H2,1H3. The van der Waals surface area contributed by atoms with Crippen molar-refractivity contribution in [1.82, 2.24) is 9.88 Å². The van der Waals surface area contributed by atoms with Crippen molar-refractivity contribution in [2.75, 3.05) is 26.3 Å². The minimum Gasteiger partial charge on any atom is -0.378 e. The molecular weight excluding hydrogens is 250 g/mol. The number of nitrogens with two attached hydrogens (primary N) is 1. The van der Waals surface area contributed by atoms with Gasteiger partial charge >= 0.3 is 0 Å². The fourth-order valence-electron chi connectivity index (χ4n) is 2.86. The minimum absolute atomic E-state index is 0.316. The molecule has 0 amide bonds. The maximum atomic E-state index is 5.86. The number of pyridine rings is 1. The summed E-state index contributed by atoms with van der Waals surface area (Å²) in [5.41, 5.74) is 9.32. The second-order valence-corrected chi connectivity index (χ2v) is 5.37. The number of nitrogens with zero attached hydrogens (tertiary/aromatic N) is 2. The van der Waals surface area contributed by atoms with Crippen molar-refractivity contribution in [3.8, 4) is 0 Å². The highest BCUT2D eigenvalue weighted by molar-refractivity contribution is 5.82. The van der Waals surface area contributed by atoms with Crippen LogP contribution in [0.2, 0.25) is 0 Å². The number of para-hydroxylation sites is 1. The summed E-state index contributed by atoms with van der Waals surface area (Å²) in [6.45, 7) is 6.07. The zero-order valence-corrected chi connectivity index (χ0v) is 11.9. The molecule has 0 aliphatic carbocycles. The van der Waals surface area contributed by atoms with E-state index in [9.17, 15) is 0 Å². The molecule has 0 bridgehead atoms. The lowest BCUT2D eigenvalue weighted by molar-refractivity contribution is -0.00775. The minimum atomic E-state index is 0.316. The van der Waals surface area contributed by atoms with E-state index < -0.39 is 0 Å². The van der Waals surface area contributed by atoms with E-state index in [1.807, 2.05) is 6.07 Å². The number of hydrogen-bond donors (Lipinski definition) is 1. The highest BCUT2D eigenvalue weighted by atomic mass is 16.5. The number of benzene rings is 1. The Morgan fingerprint density at radius 1 is 1.40 bits per heavy atom. The van der Waals surface area contributed by atoms with E-state index in [1.54, 1.807) is 0 Å². The lowest BCUT2D eigenvalue weighted by Gasteiger charge is -2.35. The van der Waals surface area contributed by atoms with E-state index in [1.165, 1.54) is 10.9 Å². The summed E-state index contributed by atoms with van der Waals surface area (Å²) in [5, 5.41) is 1.24. The Bertz CT molecular complexity index is 599. The van der Waals surface area contributed by atoms with Crippen molar-refractivity contribution in [3.63, 3.8) is 0 Å². The van der Waals surface area contributed by atoms with Crippen LogP contribution in [0.3, 0.4) is 0 Å². The van der Waals surface area contributed by atoms with E-state index in [0.29, 0.717) is 12.6 Å². The molecule has 4 heteroatoms. The van der Waals surface area contributed by atoms with Gasteiger partial charge in [-0.3, -0.25) is 9.88 Å². The molecule has 4 nitrogen and oxygen atoms in total. The van der Waals surface area contributed by atoms with Crippen molar-refractivity contribution >= 4 is 10.9 Å². The molecule has 1 saturated heterocycles. The summed E-state index contributed by atoms with van der Waals surface area (Å²) in [6.07, 6.45) is 0. The van der Waals surface area contributed by atoms with Gasteiger partial charge in [0.1, 0.15) is 0 Å². The molecule has 1 aromatic heterocycles. The molecule has 20 heavy (non-hydrogen) atoms. The highest BCUT2D eigenvalue weighted by Gasteiger charge is 2.22. The van der Waals surface area contributed by atoms with E-state index >= 15 is 0 Å². The number of hydrogen-bond acceptors (Lipinski definition) is 4. The summed E-state index contributed by atoms with van der Waals surface area (Å²) >= 11 is 0. The highest BCUT2D eigenvalue weighted by Crippen LogP contribution is 2.21. The molecule has 106 valence electrons. The summed E-state index contributed by atoms with van der Waals surface area (Å²) in [5.74, 6) is 0. The van der Waals surface area contributed by atoms with Gasteiger partial charge in [0.25, 0.3) is 0 Å². The van der Waals surface area contributed by atoms with Crippen LogP contribution in [-0.4, -0.2) is 42.2 Å². The van der Waals surface area contributed by atoms with Crippen molar-refractivity contribution < 1.29 is 4.74 Å². The third-order valence-electron chi connectivity index (χ3n) is 3.92. The monoisotopic (exact) mass is 271 g/mol. The number of aryl methyl sites for hydroxylation is 1. The first-order valence-corrected chi connectivity index (χ1v) is 7.15. The molecule has 0 radical (unpaired) electrons. The maximum absolute atomic E-state index is 5.86. The number of rotatable bonds is 3. The number of morpholine rings is 1. The lowest BCUT2D eigenvalue weighted by Crippen LogP contribution is -2.48. The summed E-state index contributed by atoms with van der Waals surface area (Å²) < 4.78 is 5.52. The van der Waals surface area contributed by atoms with Crippen molar-refractivity contribution in [3.05, 3.63) is 41.6 Å². The van der Waals surface area contributed by atoms with Crippen LogP contribution in [0.1, 0.15) is 11.3 Å². The SMILES string of the molecule is Cc1cc(CN2CCOCC2CN)c2ccccc2n1. The smallest absolute Gasteiger partial charge is 0.0708 e. The number of fused-ring (bicyclic) bond motifs is 1. The van der Waals surface area contributed by atoms with Crippen LogP contribution in [0.25, 0.3) is 10.9 Å². The van der Waals surface area contributed by atoms with Gasteiger partial charge in [-0.1, -0.05) is 18.2 Å². The molecule has 1 unspecified atom stereocenters. The van der Waals surface area contributed by atoms with Crippen LogP contribution in [-0.2, 0) is 11.3 Å². The zero-order valence-electron chi connectivity index (χ0n) is 11.9. The molecule has 1 aliphatic heterocycles. The van der Waals surface area contributed by atoms with E-state index in [2.05, 4.69) is 41.1 Å². The molecule has 3 rings (SSSR count). The van der Waals surface area contributed by atoms with Crippen LogP contribution in [0.15, 0.2) is 30.3 Å². The Kier molecular flexibility index (Phi) is 3.96. The number of ether oxygens (including phenoxy) is 1. The Hall–Kier alpha value is -1.49. The molecule has 1 fully saturated rings. The molecule has 1 aliphatic rings. The van der Waals surface area contributed by atoms with Crippen molar-refractivity contribution in [2.45, 2.75) is 19.5 Å². The van der Waals surface area contributed by atoms with Crippen LogP contribution in [0.5, 0.6) is 0 Å². The quantitative estimate of drug-likeness (QED) is 0.923. The fourth-order valence-corrected chi connectivity index (χ4v) is 2.86. The van der Waals surface area contributed by atoms with Gasteiger partial charge in [0.05, 0.1) is 18.7 Å². The van der Waals surface area contributed by atoms with Gasteiger partial charge in [-0.2, -0.15) is 0 Å². The van der Waals surface area contributed by atoms with Crippen LogP contribution < -0.4 is 5.73 Å². The Morgan fingerprint density at radius 2 is 2.25 bits per heavy atom. The molecular formula is C16H21N3O. The maximum Gasteiger partial charge on any atom is 0.0708 e. The first-order valence-electron chi connectivity index (χ1n) is 7.15. The van der Waals surface area contributed by atoms with Crippen LogP contribution in [0.4, 0.5) is 0 Å². The molecule has 0 saturated carbocycles. The third kappa shape index (κ3) is 2.68. The molecule has 1 atom stereocenters. The summed E-state index contributed by atoms with van der Waals surface area (Å²) in [7, 11) is 0. The Morgan fingerprint density at radius 3 is 3.10 bits per heavy atom. The third-order valence-corrected chi connectivity index (χ3v) is 3.92. The van der Waals surface area contributed by atoms with E-state index in [-0.39, 0.29) is 0 Å². The van der Waals surface area contributed by atoms with E-state index in [0.717, 1.165) is 37.5 Å². The average Bonchev–Trinajstić information content (AvgIpc) is 2.47. The predicted octanol–water partition coefficient (Wildman–Crippen LogP) is 1.70. The Balaban J connectivity index is 1.93. The van der Waals surface area contributed by atoms with Crippen LogP contribution >= 0.6 is 0 Å². The van der Waals surface area contributed by atoms with Gasteiger partial charge in [0.2, 0.25) is 0 Å². The number of aromatic nitrogens is 1. The van der Waals surface area contributed by atoms with Gasteiger partial charge < -0.3 is 10.5 Å². The molecule has 2 N–H and O–H groups in total. The second-order valence-electron chi connectivity index (χ2n) is 5.37. The fraction of sp³-hybridized carbons (Fsp3) is 0.438. The zero-order chi connectivity index (χ0) is 13.9. The molecule has 2 heterocycles. The Labute approximate surface area is 119 Å². The molecule has 2 aromatic rings. The van der Waals surface area contributed by atoms with Gasteiger partial charge in [0, 0.05) is 36.8 Å².